The van der Waals surface area contributed by atoms with Crippen LogP contribution in [-0.2, 0) is 58.5 Å². The quantitative estimate of drug-likeness (QED) is 0.0107. The molecule has 8 atom stereocenters. The molecule has 0 bridgehead atoms. The zero-order valence-electron chi connectivity index (χ0n) is 45.8. The second-order valence-corrected chi connectivity index (χ2v) is 28.2. The Labute approximate surface area is 532 Å². The van der Waals surface area contributed by atoms with Gasteiger partial charge in [0.1, 0.15) is 64.1 Å². The molecule has 0 aliphatic rings. The zero-order valence-corrected chi connectivity index (χ0v) is 52.1. The van der Waals surface area contributed by atoms with Crippen molar-refractivity contribution in [1.82, 2.24) is 21.3 Å². The number of nitrogens with zero attached hydrogens (tertiary/aromatic N) is 4. The van der Waals surface area contributed by atoms with Crippen molar-refractivity contribution in [2.24, 2.45) is 5.11 Å². The van der Waals surface area contributed by atoms with E-state index in [0.29, 0.717) is 0 Å². The van der Waals surface area contributed by atoms with E-state index in [0.717, 1.165) is 60.7 Å². The molecule has 4 aromatic rings. The maximum absolute atomic E-state index is 13.0. The largest absolute Gasteiger partial charge is 0.471 e. The number of nitriles is 1. The van der Waals surface area contributed by atoms with Crippen molar-refractivity contribution < 1.29 is 117 Å². The second kappa shape index (κ2) is 38.6. The lowest BCUT2D eigenvalue weighted by molar-refractivity contribution is -0.175. The van der Waals surface area contributed by atoms with Crippen LogP contribution in [0.15, 0.2) is 122 Å². The molecule has 0 radical (unpaired) electrons. The van der Waals surface area contributed by atoms with Gasteiger partial charge in [-0.05, 0) is 76.3 Å². The summed E-state index contributed by atoms with van der Waals surface area (Å²) in [6.07, 6.45) is -11.9. The average molecular weight is 1470 g/mol. The number of alkyl halides is 14. The van der Waals surface area contributed by atoms with Crippen LogP contribution >= 0.6 is 46.4 Å². The highest BCUT2D eigenvalue weighted by Crippen LogP contribution is 2.27. The Morgan fingerprint density at radius 2 is 0.791 bits per heavy atom. The summed E-state index contributed by atoms with van der Waals surface area (Å²) in [4.78, 5) is 44.6. The number of hydrogen-bond acceptors (Lipinski definition) is 18. The number of azide groups is 1. The monoisotopic (exact) mass is 1470 g/mol. The molecular formula is C49H52Cl4F10N8O16S4. The molecule has 0 fully saturated rings. The van der Waals surface area contributed by atoms with Crippen molar-refractivity contribution in [3.05, 3.63) is 130 Å². The third-order valence-electron chi connectivity index (χ3n) is 11.5. The van der Waals surface area contributed by atoms with Crippen LogP contribution in [0.1, 0.15) is 53.1 Å². The van der Waals surface area contributed by atoms with E-state index in [1.165, 1.54) is 41.7 Å². The van der Waals surface area contributed by atoms with E-state index in [1.807, 2.05) is 0 Å². The fourth-order valence-corrected chi connectivity index (χ4v) is 10.2. The Hall–Kier alpha value is -6.34. The van der Waals surface area contributed by atoms with E-state index in [4.69, 9.17) is 57.2 Å². The molecular weight excluding hydrogens is 1420 g/mol. The van der Waals surface area contributed by atoms with Crippen LogP contribution in [0.5, 0.6) is 0 Å². The number of aliphatic hydroxyl groups is 4. The van der Waals surface area contributed by atoms with Crippen LogP contribution in [0.3, 0.4) is 0 Å². The number of aliphatic hydroxyl groups excluding tert-OH is 4. The number of carbonyl (C=O) groups is 4. The predicted molar refractivity (Wildman–Crippen MR) is 305 cm³/mol. The first-order valence-electron chi connectivity index (χ1n) is 24.5. The lowest BCUT2D eigenvalue weighted by Gasteiger charge is -2.22. The van der Waals surface area contributed by atoms with Gasteiger partial charge < -0.3 is 41.7 Å². The molecule has 8 N–H and O–H groups in total. The van der Waals surface area contributed by atoms with Crippen molar-refractivity contribution >= 4 is 109 Å². The number of rotatable bonds is 28. The Morgan fingerprint density at radius 3 is 1.04 bits per heavy atom. The van der Waals surface area contributed by atoms with Crippen LogP contribution < -0.4 is 21.3 Å². The molecule has 0 aliphatic heterocycles. The minimum atomic E-state index is -5.24. The van der Waals surface area contributed by atoms with E-state index >= 15 is 0 Å². The SMILES string of the molecule is N#CCC(=O)N[C@H](CF)[C@H](O)c1ccc(S(=O)(=O)CF)cc1.O=C(N[C@H](CF)[C@H](O)c1ccc(S(=O)(=O)C(Cl)Cl)cc1)C(Cl)Cl.O=C(N[C@H](CF)[C@H](O)c1ccc(S(=O)(=O)CF)cc1)C(F)(F)F.[N-]=[N+]=NCC(=O)N[C@H](CF)[C@H](O)c1ccc(S(=O)(=O)CF)cc1. The summed E-state index contributed by atoms with van der Waals surface area (Å²) in [6, 6.07) is 8.78. The molecule has 0 unspecified atom stereocenters. The number of benzene rings is 4. The Kier molecular flexibility index (Phi) is 35.1. The molecule has 91 heavy (non-hydrogen) atoms. The molecule has 0 aromatic heterocycles. The molecule has 42 heteroatoms. The van der Waals surface area contributed by atoms with Crippen molar-refractivity contribution in [2.45, 2.75) is 89.8 Å². The maximum atomic E-state index is 13.0. The van der Waals surface area contributed by atoms with E-state index in [1.54, 1.807) is 6.07 Å². The lowest BCUT2D eigenvalue weighted by atomic mass is 10.0. The molecule has 4 rings (SSSR count). The highest BCUT2D eigenvalue weighted by Gasteiger charge is 2.41. The van der Waals surface area contributed by atoms with Gasteiger partial charge in [-0.3, -0.25) is 19.2 Å². The minimum absolute atomic E-state index is 0.134. The molecule has 0 saturated heterocycles. The summed E-state index contributed by atoms with van der Waals surface area (Å²) in [6.45, 7) is -5.31. The van der Waals surface area contributed by atoms with Crippen molar-refractivity contribution in [3.8, 4) is 6.07 Å². The normalized spacial score (nSPS) is 14.4. The van der Waals surface area contributed by atoms with Gasteiger partial charge >= 0.3 is 12.1 Å². The zero-order chi connectivity index (χ0) is 69.8. The van der Waals surface area contributed by atoms with Gasteiger partial charge in [0.2, 0.25) is 55.3 Å². The minimum Gasteiger partial charge on any atom is -0.386 e. The number of hydrogen-bond donors (Lipinski definition) is 8. The fourth-order valence-electron chi connectivity index (χ4n) is 6.67. The van der Waals surface area contributed by atoms with Crippen molar-refractivity contribution in [1.29, 1.82) is 5.26 Å². The van der Waals surface area contributed by atoms with Gasteiger partial charge in [0.25, 0.3) is 5.91 Å². The Bertz CT molecular complexity index is 3580. The van der Waals surface area contributed by atoms with E-state index < -0.39 is 189 Å². The summed E-state index contributed by atoms with van der Waals surface area (Å²) in [5.74, 6) is -4.79. The number of carbonyl (C=O) groups excluding carboxylic acids is 4. The van der Waals surface area contributed by atoms with E-state index in [2.05, 4.69) is 26.0 Å². The number of halogens is 14. The van der Waals surface area contributed by atoms with Gasteiger partial charge in [-0.25, -0.2) is 64.4 Å². The van der Waals surface area contributed by atoms with E-state index in [-0.39, 0.29) is 36.9 Å². The van der Waals surface area contributed by atoms with Crippen LogP contribution in [0.4, 0.5) is 43.9 Å². The predicted octanol–water partition coefficient (Wildman–Crippen LogP) is 5.92. The summed E-state index contributed by atoms with van der Waals surface area (Å²) in [7, 11) is -16.1. The molecule has 24 nitrogen and oxygen atoms in total. The number of nitrogens with one attached hydrogen (secondary N) is 4. The topological polar surface area (TPSA) is 406 Å². The molecule has 0 spiro atoms. The maximum Gasteiger partial charge on any atom is 0.471 e. The summed E-state index contributed by atoms with van der Waals surface area (Å²) in [5, 5.41) is 59.0. The van der Waals surface area contributed by atoms with Crippen molar-refractivity contribution in [3.63, 3.8) is 0 Å². The first-order chi connectivity index (χ1) is 42.3. The van der Waals surface area contributed by atoms with Crippen LogP contribution in [0, 0.1) is 11.3 Å². The molecule has 4 aromatic carbocycles. The van der Waals surface area contributed by atoms with Gasteiger partial charge in [0.15, 0.2) is 22.9 Å². The van der Waals surface area contributed by atoms with E-state index in [9.17, 15) is 117 Å². The summed E-state index contributed by atoms with van der Waals surface area (Å²) >= 11 is 21.4. The lowest BCUT2D eigenvalue weighted by Crippen LogP contribution is -2.46. The van der Waals surface area contributed by atoms with Crippen LogP contribution in [0.25, 0.3) is 10.4 Å². The van der Waals surface area contributed by atoms with Gasteiger partial charge in [-0.1, -0.05) is 100 Å². The average Bonchev–Trinajstić information content (AvgIpc) is 1.58. The molecule has 4 amide bonds. The van der Waals surface area contributed by atoms with Gasteiger partial charge in [-0.15, -0.1) is 0 Å². The second-order valence-electron chi connectivity index (χ2n) is 17.7. The smallest absolute Gasteiger partial charge is 0.386 e. The highest BCUT2D eigenvalue weighted by molar-refractivity contribution is 7.94. The highest BCUT2D eigenvalue weighted by atomic mass is 35.5. The first-order valence-corrected chi connectivity index (χ1v) is 32.8. The van der Waals surface area contributed by atoms with Crippen LogP contribution in [-0.4, -0.2) is 168 Å². The summed E-state index contributed by atoms with van der Waals surface area (Å²) < 4.78 is 215. The Balaban J connectivity index is 0.000000607. The molecule has 0 aliphatic carbocycles. The van der Waals surface area contributed by atoms with Gasteiger partial charge in [0, 0.05) is 4.91 Å². The van der Waals surface area contributed by atoms with Gasteiger partial charge in [0.05, 0.1) is 49.8 Å². The first kappa shape index (κ1) is 82.7. The third-order valence-corrected chi connectivity index (χ3v) is 18.5. The van der Waals surface area contributed by atoms with Gasteiger partial charge in [-0.2, -0.15) is 18.4 Å². The molecule has 0 heterocycles. The molecule has 506 valence electrons. The standard InChI is InChI=1S/C13H14F2N2O4S.C12H12Cl4FNO4S.C12H12F5NO4S.C12H14F2N4O4S/c14-7-11(17-12(18)5-6-16)13(19)9-1-3-10(4-2-9)22(20,21)8-15;13-10(14)11(20)18-8(5-17)9(19)6-1-3-7(4-2-6)23(21,22)12(15)16;13-5-9(18-11(20)12(15,16)17)10(19)7-1-3-8(4-2-7)23(21,22)6-14;13-5-10(17-11(19)6-16-18-15)12(20)8-1-3-9(4-2-8)23(21,22)7-14/h1-4,11,13,19H,5,7-8H2,(H,17,18);1-4,8-10,12,19H,5H2,(H,18,20);1-4,9-10,19H,5-6H2,(H,18,20);1-4,10,12,20H,5-7H2,(H,17,19)/t11-,13-;8-,9-;9-,10-;10-,12-/m1111/s1. The van der Waals surface area contributed by atoms with Crippen LogP contribution in [0.2, 0.25) is 0 Å². The number of sulfone groups is 4. The summed E-state index contributed by atoms with van der Waals surface area (Å²) in [5.41, 5.74) is 8.40. The Morgan fingerprint density at radius 1 is 0.505 bits per heavy atom. The number of amides is 4. The third kappa shape index (κ3) is 26.3. The van der Waals surface area contributed by atoms with Crippen molar-refractivity contribution in [2.75, 3.05) is 51.3 Å². The fraction of sp³-hybridized carbons (Fsp3) is 0.408. The molecule has 0 saturated carbocycles.